The predicted molar refractivity (Wildman–Crippen MR) is 114 cm³/mol. The Morgan fingerprint density at radius 3 is 2.21 bits per heavy atom. The molecular formula is C23H26N4O. The molecule has 0 aliphatic rings. The molecule has 0 radical (unpaired) electrons. The zero-order chi connectivity index (χ0) is 20.3. The van der Waals surface area contributed by atoms with Crippen LogP contribution >= 0.6 is 0 Å². The second-order valence-corrected chi connectivity index (χ2v) is 7.19. The molecule has 1 atom stereocenters. The van der Waals surface area contributed by atoms with E-state index in [1.54, 1.807) is 13.0 Å². The van der Waals surface area contributed by atoms with Crippen molar-refractivity contribution in [1.29, 1.82) is 0 Å². The van der Waals surface area contributed by atoms with E-state index in [9.17, 15) is 4.79 Å². The maximum Gasteiger partial charge on any atom is 0.274 e. The number of hydrogen-bond acceptors (Lipinski definition) is 4. The van der Waals surface area contributed by atoms with Crippen LogP contribution in [0.15, 0.2) is 48.5 Å². The molecule has 2 N–H and O–H groups in total. The number of rotatable bonds is 5. The summed E-state index contributed by atoms with van der Waals surface area (Å²) in [4.78, 5) is 21.6. The van der Waals surface area contributed by atoms with Gasteiger partial charge in [0.1, 0.15) is 17.3 Å². The number of anilines is 2. The Bertz CT molecular complexity index is 976. The Balaban J connectivity index is 1.82. The van der Waals surface area contributed by atoms with Gasteiger partial charge in [0, 0.05) is 17.8 Å². The summed E-state index contributed by atoms with van der Waals surface area (Å²) in [6.07, 6.45) is 0. The molecule has 0 bridgehead atoms. The first-order chi connectivity index (χ1) is 13.3. The number of carbonyl (C=O) groups is 1. The van der Waals surface area contributed by atoms with E-state index in [0.29, 0.717) is 17.3 Å². The summed E-state index contributed by atoms with van der Waals surface area (Å²) < 4.78 is 0. The molecule has 1 amide bonds. The Kier molecular flexibility index (Phi) is 5.73. The van der Waals surface area contributed by atoms with E-state index in [2.05, 4.69) is 51.8 Å². The molecule has 1 aromatic heterocycles. The molecule has 0 fully saturated rings. The van der Waals surface area contributed by atoms with Crippen molar-refractivity contribution in [3.8, 4) is 0 Å². The van der Waals surface area contributed by atoms with E-state index in [1.165, 1.54) is 5.56 Å². The van der Waals surface area contributed by atoms with Crippen LogP contribution in [-0.2, 0) is 0 Å². The van der Waals surface area contributed by atoms with Gasteiger partial charge in [-0.3, -0.25) is 4.79 Å². The second kappa shape index (κ2) is 8.21. The molecular weight excluding hydrogens is 348 g/mol. The van der Waals surface area contributed by atoms with E-state index >= 15 is 0 Å². The van der Waals surface area contributed by atoms with Crippen LogP contribution < -0.4 is 10.6 Å². The highest BCUT2D eigenvalue weighted by Gasteiger charge is 2.15. The first-order valence-electron chi connectivity index (χ1n) is 9.40. The van der Waals surface area contributed by atoms with E-state index in [0.717, 1.165) is 22.4 Å². The fraction of sp³-hybridized carbons (Fsp3) is 0.261. The monoisotopic (exact) mass is 374 g/mol. The topological polar surface area (TPSA) is 66.9 Å². The highest BCUT2D eigenvalue weighted by molar-refractivity contribution is 6.04. The lowest BCUT2D eigenvalue weighted by molar-refractivity contribution is 0.102. The van der Waals surface area contributed by atoms with E-state index in [1.807, 2.05) is 39.0 Å². The quantitative estimate of drug-likeness (QED) is 0.649. The van der Waals surface area contributed by atoms with Gasteiger partial charge in [0.25, 0.3) is 5.91 Å². The van der Waals surface area contributed by atoms with Gasteiger partial charge in [0.2, 0.25) is 0 Å². The molecule has 3 rings (SSSR count). The summed E-state index contributed by atoms with van der Waals surface area (Å²) in [5.74, 6) is 0.940. The Labute approximate surface area is 166 Å². The molecule has 1 unspecified atom stereocenters. The fourth-order valence-corrected chi connectivity index (χ4v) is 3.36. The minimum absolute atomic E-state index is 0.0630. The Morgan fingerprint density at radius 1 is 0.929 bits per heavy atom. The molecule has 0 spiro atoms. The predicted octanol–water partition coefficient (Wildman–Crippen LogP) is 5.14. The average molecular weight is 374 g/mol. The van der Waals surface area contributed by atoms with Gasteiger partial charge in [0.15, 0.2) is 0 Å². The van der Waals surface area contributed by atoms with Crippen LogP contribution in [0, 0.1) is 27.7 Å². The number of aryl methyl sites for hydroxylation is 4. The van der Waals surface area contributed by atoms with Crippen LogP contribution in [0.4, 0.5) is 11.5 Å². The standard InChI is InChI=1S/C23H26N4O/c1-14-11-15(2)22(16(3)12-14)27-23(28)20-13-21(26-18(5)25-20)24-17(4)19-9-7-6-8-10-19/h6-13,17H,1-5H3,(H,27,28)(H,24,25,26). The highest BCUT2D eigenvalue weighted by Crippen LogP contribution is 2.23. The number of nitrogens with one attached hydrogen (secondary N) is 2. The first-order valence-corrected chi connectivity index (χ1v) is 9.40. The van der Waals surface area contributed by atoms with Crippen molar-refractivity contribution in [3.05, 3.63) is 82.3 Å². The summed E-state index contributed by atoms with van der Waals surface area (Å²) >= 11 is 0. The van der Waals surface area contributed by atoms with Gasteiger partial charge < -0.3 is 10.6 Å². The number of carbonyl (C=O) groups excluding carboxylic acids is 1. The normalized spacial score (nSPS) is 11.8. The zero-order valence-corrected chi connectivity index (χ0v) is 17.0. The van der Waals surface area contributed by atoms with Gasteiger partial charge in [-0.05, 0) is 51.3 Å². The third-order valence-corrected chi connectivity index (χ3v) is 4.65. The number of amides is 1. The molecule has 1 heterocycles. The van der Waals surface area contributed by atoms with Gasteiger partial charge in [0.05, 0.1) is 0 Å². The van der Waals surface area contributed by atoms with Crippen molar-refractivity contribution in [2.45, 2.75) is 40.7 Å². The Morgan fingerprint density at radius 2 is 1.57 bits per heavy atom. The molecule has 144 valence electrons. The molecule has 5 heteroatoms. The molecule has 0 aliphatic heterocycles. The van der Waals surface area contributed by atoms with Crippen LogP contribution in [0.5, 0.6) is 0 Å². The summed E-state index contributed by atoms with van der Waals surface area (Å²) in [6.45, 7) is 9.89. The van der Waals surface area contributed by atoms with Crippen molar-refractivity contribution in [1.82, 2.24) is 9.97 Å². The SMILES string of the molecule is Cc1cc(C)c(NC(=O)c2cc(NC(C)c3ccccc3)nc(C)n2)c(C)c1. The summed E-state index contributed by atoms with van der Waals surface area (Å²) in [5.41, 5.74) is 5.57. The molecule has 0 saturated heterocycles. The molecule has 0 aliphatic carbocycles. The van der Waals surface area contributed by atoms with E-state index in [4.69, 9.17) is 0 Å². The minimum Gasteiger partial charge on any atom is -0.363 e. The van der Waals surface area contributed by atoms with Crippen molar-refractivity contribution in [3.63, 3.8) is 0 Å². The fourth-order valence-electron chi connectivity index (χ4n) is 3.36. The maximum atomic E-state index is 12.8. The lowest BCUT2D eigenvalue weighted by atomic mass is 10.0. The smallest absolute Gasteiger partial charge is 0.274 e. The number of benzene rings is 2. The zero-order valence-electron chi connectivity index (χ0n) is 17.0. The summed E-state index contributed by atoms with van der Waals surface area (Å²) in [5, 5.41) is 6.36. The Hall–Kier alpha value is -3.21. The van der Waals surface area contributed by atoms with Crippen molar-refractivity contribution in [2.24, 2.45) is 0 Å². The molecule has 3 aromatic rings. The van der Waals surface area contributed by atoms with Gasteiger partial charge in [-0.1, -0.05) is 48.0 Å². The average Bonchev–Trinajstić information content (AvgIpc) is 2.64. The number of hydrogen-bond donors (Lipinski definition) is 2. The van der Waals surface area contributed by atoms with Crippen molar-refractivity contribution in [2.75, 3.05) is 10.6 Å². The van der Waals surface area contributed by atoms with E-state index in [-0.39, 0.29) is 11.9 Å². The third kappa shape index (κ3) is 4.55. The maximum absolute atomic E-state index is 12.8. The third-order valence-electron chi connectivity index (χ3n) is 4.65. The van der Waals surface area contributed by atoms with Crippen LogP contribution in [-0.4, -0.2) is 15.9 Å². The molecule has 0 saturated carbocycles. The second-order valence-electron chi connectivity index (χ2n) is 7.19. The first kappa shape index (κ1) is 19.5. The van der Waals surface area contributed by atoms with Crippen molar-refractivity contribution < 1.29 is 4.79 Å². The lowest BCUT2D eigenvalue weighted by Crippen LogP contribution is -2.17. The minimum atomic E-state index is -0.240. The van der Waals surface area contributed by atoms with Gasteiger partial charge >= 0.3 is 0 Å². The van der Waals surface area contributed by atoms with Crippen LogP contribution in [0.1, 0.15) is 51.5 Å². The van der Waals surface area contributed by atoms with Gasteiger partial charge in [-0.15, -0.1) is 0 Å². The highest BCUT2D eigenvalue weighted by atomic mass is 16.1. The van der Waals surface area contributed by atoms with Crippen LogP contribution in [0.25, 0.3) is 0 Å². The van der Waals surface area contributed by atoms with Crippen LogP contribution in [0.2, 0.25) is 0 Å². The van der Waals surface area contributed by atoms with Gasteiger partial charge in [-0.25, -0.2) is 9.97 Å². The molecule has 2 aromatic carbocycles. The van der Waals surface area contributed by atoms with Crippen LogP contribution in [0.3, 0.4) is 0 Å². The number of aromatic nitrogens is 2. The lowest BCUT2D eigenvalue weighted by Gasteiger charge is -2.16. The number of nitrogens with zero attached hydrogens (tertiary/aromatic N) is 2. The molecule has 5 nitrogen and oxygen atoms in total. The summed E-state index contributed by atoms with van der Waals surface area (Å²) in [7, 11) is 0. The largest absolute Gasteiger partial charge is 0.363 e. The van der Waals surface area contributed by atoms with Crippen molar-refractivity contribution >= 4 is 17.4 Å². The van der Waals surface area contributed by atoms with E-state index < -0.39 is 0 Å². The van der Waals surface area contributed by atoms with Gasteiger partial charge in [-0.2, -0.15) is 0 Å². The summed E-state index contributed by atoms with van der Waals surface area (Å²) in [6, 6.07) is 16.0. The molecule has 28 heavy (non-hydrogen) atoms.